The van der Waals surface area contributed by atoms with Gasteiger partial charge in [-0.3, -0.25) is 4.99 Å². The number of sulfone groups is 1. The van der Waals surface area contributed by atoms with Crippen LogP contribution in [0.1, 0.15) is 24.8 Å². The molecule has 0 aromatic heterocycles. The summed E-state index contributed by atoms with van der Waals surface area (Å²) in [5, 5.41) is 3.30. The lowest BCUT2D eigenvalue weighted by Crippen LogP contribution is -2.40. The Morgan fingerprint density at radius 3 is 2.55 bits per heavy atom. The minimum Gasteiger partial charge on any atom is -0.497 e. The molecule has 1 heterocycles. The molecule has 3 rings (SSSR count). The Morgan fingerprint density at radius 1 is 1.17 bits per heavy atom. The molecule has 0 amide bonds. The standard InChI is InChI=1S/C22H29N3O3S/c1-3-23-22(24-14-16-29(26,27)21-7-5-4-6-8-21)25-15-13-19(17-25)18-9-11-20(28-2)12-10-18/h4-12,19H,3,13-17H2,1-2H3,(H,23,24). The first-order chi connectivity index (χ1) is 14.0. The molecule has 29 heavy (non-hydrogen) atoms. The van der Waals surface area contributed by atoms with Gasteiger partial charge in [-0.2, -0.15) is 0 Å². The van der Waals surface area contributed by atoms with Crippen LogP contribution in [-0.4, -0.2) is 58.3 Å². The zero-order chi connectivity index (χ0) is 20.7. The second-order valence-electron chi connectivity index (χ2n) is 7.07. The Balaban J connectivity index is 1.63. The first-order valence-electron chi connectivity index (χ1n) is 9.98. The van der Waals surface area contributed by atoms with Gasteiger partial charge >= 0.3 is 0 Å². The molecule has 1 saturated heterocycles. The number of aliphatic imine (C=N–C) groups is 1. The monoisotopic (exact) mass is 415 g/mol. The summed E-state index contributed by atoms with van der Waals surface area (Å²) in [6.45, 7) is 4.77. The number of ether oxygens (including phenoxy) is 1. The maximum Gasteiger partial charge on any atom is 0.193 e. The number of hydrogen-bond donors (Lipinski definition) is 1. The fourth-order valence-corrected chi connectivity index (χ4v) is 4.68. The molecular formula is C22H29N3O3S. The van der Waals surface area contributed by atoms with Crippen molar-refractivity contribution < 1.29 is 13.2 Å². The summed E-state index contributed by atoms with van der Waals surface area (Å²) < 4.78 is 30.2. The van der Waals surface area contributed by atoms with Crippen molar-refractivity contribution in [2.45, 2.75) is 24.2 Å². The number of hydrogen-bond acceptors (Lipinski definition) is 4. The lowest BCUT2D eigenvalue weighted by molar-refractivity contribution is 0.414. The van der Waals surface area contributed by atoms with E-state index >= 15 is 0 Å². The molecule has 7 heteroatoms. The number of methoxy groups -OCH3 is 1. The number of guanidine groups is 1. The van der Waals surface area contributed by atoms with E-state index in [2.05, 4.69) is 27.3 Å². The van der Waals surface area contributed by atoms with E-state index in [1.165, 1.54) is 5.56 Å². The molecule has 2 aromatic carbocycles. The summed E-state index contributed by atoms with van der Waals surface area (Å²) in [4.78, 5) is 7.16. The Kier molecular flexibility index (Phi) is 7.14. The van der Waals surface area contributed by atoms with Crippen molar-refractivity contribution in [1.82, 2.24) is 10.2 Å². The third-order valence-corrected chi connectivity index (χ3v) is 6.84. The molecule has 6 nitrogen and oxygen atoms in total. The molecule has 1 unspecified atom stereocenters. The molecule has 1 aliphatic rings. The second-order valence-corrected chi connectivity index (χ2v) is 9.18. The predicted molar refractivity (Wildman–Crippen MR) is 116 cm³/mol. The van der Waals surface area contributed by atoms with Crippen molar-refractivity contribution in [2.75, 3.05) is 39.0 Å². The Hall–Kier alpha value is -2.54. The van der Waals surface area contributed by atoms with Gasteiger partial charge in [-0.15, -0.1) is 0 Å². The van der Waals surface area contributed by atoms with Crippen LogP contribution in [0, 0.1) is 0 Å². The molecule has 156 valence electrons. The van der Waals surface area contributed by atoms with E-state index in [0.29, 0.717) is 10.8 Å². The van der Waals surface area contributed by atoms with Crippen LogP contribution in [0.3, 0.4) is 0 Å². The highest BCUT2D eigenvalue weighted by molar-refractivity contribution is 7.91. The highest BCUT2D eigenvalue weighted by atomic mass is 32.2. The lowest BCUT2D eigenvalue weighted by Gasteiger charge is -2.22. The van der Waals surface area contributed by atoms with Crippen LogP contribution < -0.4 is 10.1 Å². The molecule has 0 aliphatic carbocycles. The molecule has 1 atom stereocenters. The van der Waals surface area contributed by atoms with Gasteiger partial charge in [0, 0.05) is 25.6 Å². The summed E-state index contributed by atoms with van der Waals surface area (Å²) in [6.07, 6.45) is 1.04. The first kappa shape index (κ1) is 21.2. The van der Waals surface area contributed by atoms with Crippen molar-refractivity contribution >= 4 is 15.8 Å². The van der Waals surface area contributed by atoms with E-state index in [-0.39, 0.29) is 12.3 Å². The number of likely N-dealkylation sites (tertiary alicyclic amines) is 1. The summed E-state index contributed by atoms with van der Waals surface area (Å²) in [6, 6.07) is 16.8. The second kappa shape index (κ2) is 9.78. The van der Waals surface area contributed by atoms with Gasteiger partial charge in [0.1, 0.15) is 5.75 Å². The van der Waals surface area contributed by atoms with Gasteiger partial charge in [0.15, 0.2) is 15.8 Å². The number of nitrogens with one attached hydrogen (secondary N) is 1. The van der Waals surface area contributed by atoms with E-state index in [0.717, 1.165) is 37.8 Å². The summed E-state index contributed by atoms with van der Waals surface area (Å²) >= 11 is 0. The first-order valence-corrected chi connectivity index (χ1v) is 11.6. The molecule has 0 saturated carbocycles. The van der Waals surface area contributed by atoms with Crippen LogP contribution in [0.2, 0.25) is 0 Å². The highest BCUT2D eigenvalue weighted by Gasteiger charge is 2.26. The van der Waals surface area contributed by atoms with Crippen LogP contribution in [0.25, 0.3) is 0 Å². The van der Waals surface area contributed by atoms with Crippen molar-refractivity contribution in [3.63, 3.8) is 0 Å². The van der Waals surface area contributed by atoms with Crippen LogP contribution >= 0.6 is 0 Å². The average Bonchev–Trinajstić information content (AvgIpc) is 3.24. The van der Waals surface area contributed by atoms with Crippen LogP contribution in [0.4, 0.5) is 0 Å². The van der Waals surface area contributed by atoms with Crippen molar-refractivity contribution in [3.8, 4) is 5.75 Å². The Morgan fingerprint density at radius 2 is 1.90 bits per heavy atom. The predicted octanol–water partition coefficient (Wildman–Crippen LogP) is 2.92. The molecule has 1 aliphatic heterocycles. The third-order valence-electron chi connectivity index (χ3n) is 5.13. The van der Waals surface area contributed by atoms with Gasteiger partial charge in [0.05, 0.1) is 24.3 Å². The Labute approximate surface area is 173 Å². The molecule has 2 aromatic rings. The molecule has 0 radical (unpaired) electrons. The van der Waals surface area contributed by atoms with Gasteiger partial charge < -0.3 is 15.0 Å². The van der Waals surface area contributed by atoms with Gasteiger partial charge in [-0.05, 0) is 43.2 Å². The largest absolute Gasteiger partial charge is 0.497 e. The minimum absolute atomic E-state index is 0.00164. The molecule has 1 fully saturated rings. The van der Waals surface area contributed by atoms with Crippen LogP contribution in [0.15, 0.2) is 64.5 Å². The van der Waals surface area contributed by atoms with Crippen LogP contribution in [0.5, 0.6) is 5.75 Å². The number of nitrogens with zero attached hydrogens (tertiary/aromatic N) is 2. The minimum atomic E-state index is -3.32. The van der Waals surface area contributed by atoms with E-state index in [1.54, 1.807) is 31.4 Å². The van der Waals surface area contributed by atoms with E-state index in [1.807, 2.05) is 25.1 Å². The summed E-state index contributed by atoms with van der Waals surface area (Å²) in [7, 11) is -1.65. The van der Waals surface area contributed by atoms with Crippen molar-refractivity contribution in [1.29, 1.82) is 0 Å². The smallest absolute Gasteiger partial charge is 0.193 e. The zero-order valence-electron chi connectivity index (χ0n) is 17.0. The van der Waals surface area contributed by atoms with Gasteiger partial charge in [-0.1, -0.05) is 30.3 Å². The molecule has 0 bridgehead atoms. The van der Waals surface area contributed by atoms with Gasteiger partial charge in [-0.25, -0.2) is 8.42 Å². The normalized spacial score (nSPS) is 17.4. The fraction of sp³-hybridized carbons (Fsp3) is 0.409. The maximum absolute atomic E-state index is 12.5. The SMILES string of the molecule is CCNC(=NCCS(=O)(=O)c1ccccc1)N1CCC(c2ccc(OC)cc2)C1. The fourth-order valence-electron chi connectivity index (χ4n) is 3.54. The third kappa shape index (κ3) is 5.50. The number of benzene rings is 2. The summed E-state index contributed by atoms with van der Waals surface area (Å²) in [5.41, 5.74) is 1.29. The van der Waals surface area contributed by atoms with Crippen molar-refractivity contribution in [3.05, 3.63) is 60.2 Å². The van der Waals surface area contributed by atoms with Crippen molar-refractivity contribution in [2.24, 2.45) is 4.99 Å². The maximum atomic E-state index is 12.5. The Bertz CT molecular complexity index is 912. The molecule has 1 N–H and O–H groups in total. The van der Waals surface area contributed by atoms with Gasteiger partial charge in [0.25, 0.3) is 0 Å². The van der Waals surface area contributed by atoms with E-state index in [4.69, 9.17) is 4.74 Å². The molecular weight excluding hydrogens is 386 g/mol. The lowest BCUT2D eigenvalue weighted by atomic mass is 9.98. The van der Waals surface area contributed by atoms with Crippen LogP contribution in [-0.2, 0) is 9.84 Å². The molecule has 0 spiro atoms. The van der Waals surface area contributed by atoms with E-state index < -0.39 is 9.84 Å². The quantitative estimate of drug-likeness (QED) is 0.556. The van der Waals surface area contributed by atoms with E-state index in [9.17, 15) is 8.42 Å². The zero-order valence-corrected chi connectivity index (χ0v) is 17.9. The average molecular weight is 416 g/mol. The summed E-state index contributed by atoms with van der Waals surface area (Å²) in [5.74, 6) is 2.07. The number of rotatable bonds is 7. The topological polar surface area (TPSA) is 71.0 Å². The van der Waals surface area contributed by atoms with Gasteiger partial charge in [0.2, 0.25) is 0 Å². The highest BCUT2D eigenvalue weighted by Crippen LogP contribution is 2.28.